The van der Waals surface area contributed by atoms with Gasteiger partial charge in [-0.25, -0.2) is 0 Å². The molecular formula is C26H28N4O2. The number of hydrogen-bond donors (Lipinski definition) is 4. The summed E-state index contributed by atoms with van der Waals surface area (Å²) in [5, 5.41) is 13.3. The standard InChI is InChI=1S/C26H28N4O2/c1-16-8-13-21(29-25(32)19-7-5-6-18(15-19)23(27)28)22(14-16)30-24(31)17-9-11-20(12-10-17)26(2,3)4/h5-15H,1-4H3,(H3,27,28)(H,29,32)(H,30,31). The molecule has 164 valence electrons. The summed E-state index contributed by atoms with van der Waals surface area (Å²) >= 11 is 0. The van der Waals surface area contributed by atoms with Crippen LogP contribution in [0.5, 0.6) is 0 Å². The van der Waals surface area contributed by atoms with E-state index in [2.05, 4.69) is 31.4 Å². The maximum absolute atomic E-state index is 12.9. The number of hydrogen-bond acceptors (Lipinski definition) is 3. The van der Waals surface area contributed by atoms with E-state index in [1.807, 2.05) is 31.2 Å². The van der Waals surface area contributed by atoms with Gasteiger partial charge in [0.1, 0.15) is 5.84 Å². The van der Waals surface area contributed by atoms with Gasteiger partial charge in [-0.15, -0.1) is 0 Å². The van der Waals surface area contributed by atoms with Crippen molar-refractivity contribution in [1.82, 2.24) is 0 Å². The predicted octanol–water partition coefficient (Wildman–Crippen LogP) is 5.08. The Morgan fingerprint density at radius 2 is 1.38 bits per heavy atom. The monoisotopic (exact) mass is 428 g/mol. The molecule has 0 aromatic heterocycles. The van der Waals surface area contributed by atoms with Crippen LogP contribution in [0.4, 0.5) is 11.4 Å². The van der Waals surface area contributed by atoms with Gasteiger partial charge in [0.2, 0.25) is 0 Å². The van der Waals surface area contributed by atoms with E-state index in [-0.39, 0.29) is 23.1 Å². The highest BCUT2D eigenvalue weighted by atomic mass is 16.2. The van der Waals surface area contributed by atoms with Gasteiger partial charge in [0.15, 0.2) is 0 Å². The summed E-state index contributed by atoms with van der Waals surface area (Å²) in [6.45, 7) is 8.28. The van der Waals surface area contributed by atoms with Crippen molar-refractivity contribution in [2.75, 3.05) is 10.6 Å². The Morgan fingerprint density at radius 3 is 2.00 bits per heavy atom. The fourth-order valence-corrected chi connectivity index (χ4v) is 3.21. The van der Waals surface area contributed by atoms with E-state index >= 15 is 0 Å². The number of anilines is 2. The number of carbonyl (C=O) groups excluding carboxylic acids is 2. The lowest BCUT2D eigenvalue weighted by Gasteiger charge is -2.19. The van der Waals surface area contributed by atoms with Gasteiger partial charge in [-0.2, -0.15) is 0 Å². The van der Waals surface area contributed by atoms with Crippen LogP contribution in [0.1, 0.15) is 58.2 Å². The topological polar surface area (TPSA) is 108 Å². The second-order valence-corrected chi connectivity index (χ2v) is 8.78. The fourth-order valence-electron chi connectivity index (χ4n) is 3.21. The first-order valence-corrected chi connectivity index (χ1v) is 10.3. The molecule has 3 aromatic carbocycles. The first kappa shape index (κ1) is 22.7. The van der Waals surface area contributed by atoms with E-state index in [4.69, 9.17) is 11.1 Å². The second kappa shape index (κ2) is 9.06. The van der Waals surface area contributed by atoms with Crippen molar-refractivity contribution in [3.8, 4) is 0 Å². The summed E-state index contributed by atoms with van der Waals surface area (Å²) in [6, 6.07) is 19.5. The fraction of sp³-hybridized carbons (Fsp3) is 0.192. The number of aryl methyl sites for hydroxylation is 1. The number of carbonyl (C=O) groups is 2. The largest absolute Gasteiger partial charge is 0.384 e. The Labute approximate surface area is 188 Å². The van der Waals surface area contributed by atoms with Crippen LogP contribution in [0.25, 0.3) is 0 Å². The van der Waals surface area contributed by atoms with E-state index in [0.717, 1.165) is 11.1 Å². The predicted molar refractivity (Wildman–Crippen MR) is 130 cm³/mol. The molecule has 6 nitrogen and oxygen atoms in total. The Bertz CT molecular complexity index is 1180. The number of amides is 2. The van der Waals surface area contributed by atoms with Gasteiger partial charge in [0.25, 0.3) is 11.8 Å². The summed E-state index contributed by atoms with van der Waals surface area (Å²) in [4.78, 5) is 25.6. The Kier molecular flexibility index (Phi) is 6.44. The molecule has 0 saturated heterocycles. The SMILES string of the molecule is Cc1ccc(NC(=O)c2cccc(C(=N)N)c2)c(NC(=O)c2ccc(C(C)(C)C)cc2)c1. The summed E-state index contributed by atoms with van der Waals surface area (Å²) in [6.07, 6.45) is 0. The van der Waals surface area contributed by atoms with Crippen LogP contribution in [0, 0.1) is 12.3 Å². The highest BCUT2D eigenvalue weighted by molar-refractivity contribution is 6.10. The number of nitrogens with one attached hydrogen (secondary N) is 3. The minimum absolute atomic E-state index is 0.00267. The molecule has 0 heterocycles. The lowest BCUT2D eigenvalue weighted by molar-refractivity contribution is 0.101. The Balaban J connectivity index is 1.82. The van der Waals surface area contributed by atoms with Crippen molar-refractivity contribution in [2.24, 2.45) is 5.73 Å². The molecule has 0 spiro atoms. The van der Waals surface area contributed by atoms with Gasteiger partial charge in [-0.05, 0) is 59.9 Å². The van der Waals surface area contributed by atoms with Gasteiger partial charge in [-0.1, -0.05) is 51.1 Å². The molecule has 3 aromatic rings. The van der Waals surface area contributed by atoms with Crippen LogP contribution in [0.15, 0.2) is 66.7 Å². The van der Waals surface area contributed by atoms with Gasteiger partial charge in [0, 0.05) is 16.7 Å². The molecule has 32 heavy (non-hydrogen) atoms. The van der Waals surface area contributed by atoms with Gasteiger partial charge in [0.05, 0.1) is 11.4 Å². The molecule has 2 amide bonds. The van der Waals surface area contributed by atoms with Crippen molar-refractivity contribution in [3.05, 3.63) is 94.5 Å². The highest BCUT2D eigenvalue weighted by Gasteiger charge is 2.16. The molecule has 5 N–H and O–H groups in total. The first-order chi connectivity index (χ1) is 15.0. The van der Waals surface area contributed by atoms with E-state index in [1.54, 1.807) is 42.5 Å². The molecule has 0 aliphatic carbocycles. The quantitative estimate of drug-likeness (QED) is 0.336. The van der Waals surface area contributed by atoms with Crippen LogP contribution in [-0.4, -0.2) is 17.6 Å². The first-order valence-electron chi connectivity index (χ1n) is 10.3. The molecule has 0 bridgehead atoms. The summed E-state index contributed by atoms with van der Waals surface area (Å²) < 4.78 is 0. The molecule has 0 saturated carbocycles. The minimum Gasteiger partial charge on any atom is -0.384 e. The van der Waals surface area contributed by atoms with Crippen LogP contribution < -0.4 is 16.4 Å². The molecule has 0 radical (unpaired) electrons. The zero-order valence-electron chi connectivity index (χ0n) is 18.7. The maximum Gasteiger partial charge on any atom is 0.255 e. The normalized spacial score (nSPS) is 11.0. The van der Waals surface area contributed by atoms with E-state index in [9.17, 15) is 9.59 Å². The van der Waals surface area contributed by atoms with E-state index < -0.39 is 0 Å². The molecule has 0 aliphatic heterocycles. The summed E-state index contributed by atoms with van der Waals surface area (Å²) in [7, 11) is 0. The third-order valence-electron chi connectivity index (χ3n) is 5.12. The number of rotatable bonds is 5. The van der Waals surface area contributed by atoms with Crippen LogP contribution in [0.2, 0.25) is 0 Å². The van der Waals surface area contributed by atoms with Gasteiger partial charge in [-0.3, -0.25) is 15.0 Å². The molecule has 0 unspecified atom stereocenters. The van der Waals surface area contributed by atoms with E-state index in [0.29, 0.717) is 28.1 Å². The Hall–Kier alpha value is -3.93. The van der Waals surface area contributed by atoms with Crippen LogP contribution in [0.3, 0.4) is 0 Å². The lowest BCUT2D eigenvalue weighted by Crippen LogP contribution is -2.18. The summed E-state index contributed by atoms with van der Waals surface area (Å²) in [5.41, 5.74) is 9.97. The van der Waals surface area contributed by atoms with Crippen LogP contribution >= 0.6 is 0 Å². The van der Waals surface area contributed by atoms with Gasteiger partial charge < -0.3 is 16.4 Å². The number of benzene rings is 3. The summed E-state index contributed by atoms with van der Waals surface area (Å²) in [5.74, 6) is -0.729. The molecule has 0 atom stereocenters. The number of nitrogen functional groups attached to an aromatic ring is 1. The number of amidine groups is 1. The van der Waals surface area contributed by atoms with Crippen LogP contribution in [-0.2, 0) is 5.41 Å². The smallest absolute Gasteiger partial charge is 0.255 e. The molecule has 0 aliphatic rings. The molecule has 6 heteroatoms. The second-order valence-electron chi connectivity index (χ2n) is 8.78. The molecule has 3 rings (SSSR count). The molecular weight excluding hydrogens is 400 g/mol. The molecule has 0 fully saturated rings. The van der Waals surface area contributed by atoms with E-state index in [1.165, 1.54) is 0 Å². The highest BCUT2D eigenvalue weighted by Crippen LogP contribution is 2.26. The average molecular weight is 429 g/mol. The third-order valence-corrected chi connectivity index (χ3v) is 5.12. The van der Waals surface area contributed by atoms with Crippen molar-refractivity contribution in [2.45, 2.75) is 33.1 Å². The lowest BCUT2D eigenvalue weighted by atomic mass is 9.87. The zero-order chi connectivity index (χ0) is 23.5. The third kappa shape index (κ3) is 5.40. The van der Waals surface area contributed by atoms with Crippen molar-refractivity contribution in [3.63, 3.8) is 0 Å². The van der Waals surface area contributed by atoms with Gasteiger partial charge >= 0.3 is 0 Å². The minimum atomic E-state index is -0.359. The zero-order valence-corrected chi connectivity index (χ0v) is 18.7. The Morgan fingerprint density at radius 1 is 0.781 bits per heavy atom. The van der Waals surface area contributed by atoms with Crippen molar-refractivity contribution >= 4 is 29.0 Å². The van der Waals surface area contributed by atoms with Crippen molar-refractivity contribution in [1.29, 1.82) is 5.41 Å². The average Bonchev–Trinajstić information content (AvgIpc) is 2.75. The van der Waals surface area contributed by atoms with Crippen molar-refractivity contribution < 1.29 is 9.59 Å². The maximum atomic E-state index is 12.9. The number of nitrogens with two attached hydrogens (primary N) is 1.